The minimum Gasteiger partial charge on any atom is -0.491 e. The van der Waals surface area contributed by atoms with E-state index in [2.05, 4.69) is 0 Å². The SMILES string of the molecule is CC1(C)c2cc(OC[C@H](O)CO)ccc2C(=O)c2c1oc1cccc(F)c21. The summed E-state index contributed by atoms with van der Waals surface area (Å²) in [6.45, 7) is 3.35. The van der Waals surface area contributed by atoms with Crippen molar-refractivity contribution in [1.82, 2.24) is 0 Å². The lowest BCUT2D eigenvalue weighted by Gasteiger charge is -2.31. The van der Waals surface area contributed by atoms with E-state index in [-0.39, 0.29) is 23.3 Å². The third-order valence-corrected chi connectivity index (χ3v) is 5.02. The van der Waals surface area contributed by atoms with Gasteiger partial charge >= 0.3 is 0 Å². The van der Waals surface area contributed by atoms with E-state index in [0.717, 1.165) is 0 Å². The molecule has 0 unspecified atom stereocenters. The Hall–Kier alpha value is -2.70. The van der Waals surface area contributed by atoms with Crippen LogP contribution in [0.15, 0.2) is 40.8 Å². The van der Waals surface area contributed by atoms with Gasteiger partial charge in [-0.2, -0.15) is 0 Å². The Morgan fingerprint density at radius 2 is 2.04 bits per heavy atom. The predicted octanol–water partition coefficient (Wildman–Crippen LogP) is 3.17. The fraction of sp³-hybridized carbons (Fsp3) is 0.286. The van der Waals surface area contributed by atoms with Crippen LogP contribution >= 0.6 is 0 Å². The molecule has 1 aliphatic rings. The third kappa shape index (κ3) is 2.64. The second kappa shape index (κ2) is 6.18. The Morgan fingerprint density at radius 1 is 1.26 bits per heavy atom. The number of ketones is 1. The predicted molar refractivity (Wildman–Crippen MR) is 96.8 cm³/mol. The fourth-order valence-corrected chi connectivity index (χ4v) is 3.59. The quantitative estimate of drug-likeness (QED) is 0.737. The summed E-state index contributed by atoms with van der Waals surface area (Å²) in [5.41, 5.74) is 1.10. The van der Waals surface area contributed by atoms with Crippen molar-refractivity contribution < 1.29 is 28.6 Å². The van der Waals surface area contributed by atoms with E-state index < -0.39 is 23.9 Å². The molecule has 2 aromatic carbocycles. The van der Waals surface area contributed by atoms with E-state index in [0.29, 0.717) is 28.2 Å². The average molecular weight is 370 g/mol. The summed E-state index contributed by atoms with van der Waals surface area (Å²) in [5, 5.41) is 18.6. The zero-order chi connectivity index (χ0) is 19.3. The number of carbonyl (C=O) groups is 1. The highest BCUT2D eigenvalue weighted by Crippen LogP contribution is 2.46. The Bertz CT molecular complexity index is 1050. The lowest BCUT2D eigenvalue weighted by atomic mass is 9.71. The van der Waals surface area contributed by atoms with Crippen LogP contribution in [0.2, 0.25) is 0 Å². The maximum Gasteiger partial charge on any atom is 0.197 e. The van der Waals surface area contributed by atoms with Gasteiger partial charge in [0, 0.05) is 11.0 Å². The van der Waals surface area contributed by atoms with Crippen LogP contribution in [0.3, 0.4) is 0 Å². The van der Waals surface area contributed by atoms with Crippen molar-refractivity contribution in [3.63, 3.8) is 0 Å². The van der Waals surface area contributed by atoms with Crippen LogP contribution in [0.4, 0.5) is 4.39 Å². The van der Waals surface area contributed by atoms with Gasteiger partial charge in [-0.1, -0.05) is 6.07 Å². The molecule has 0 bridgehead atoms. The molecule has 27 heavy (non-hydrogen) atoms. The summed E-state index contributed by atoms with van der Waals surface area (Å²) >= 11 is 0. The summed E-state index contributed by atoms with van der Waals surface area (Å²) in [7, 11) is 0. The molecular weight excluding hydrogens is 351 g/mol. The number of hydrogen-bond donors (Lipinski definition) is 2. The second-order valence-electron chi connectivity index (χ2n) is 7.23. The third-order valence-electron chi connectivity index (χ3n) is 5.02. The number of furan rings is 1. The van der Waals surface area contributed by atoms with Crippen molar-refractivity contribution in [3.05, 3.63) is 64.7 Å². The van der Waals surface area contributed by atoms with Crippen molar-refractivity contribution in [2.24, 2.45) is 0 Å². The first-order valence-corrected chi connectivity index (χ1v) is 8.67. The summed E-state index contributed by atoms with van der Waals surface area (Å²) in [5.74, 6) is 0.119. The molecule has 0 fully saturated rings. The first kappa shape index (κ1) is 17.7. The Morgan fingerprint density at radius 3 is 2.78 bits per heavy atom. The van der Waals surface area contributed by atoms with Gasteiger partial charge in [0.05, 0.1) is 17.6 Å². The number of halogens is 1. The van der Waals surface area contributed by atoms with E-state index in [1.807, 2.05) is 13.8 Å². The second-order valence-corrected chi connectivity index (χ2v) is 7.23. The molecule has 6 heteroatoms. The number of fused-ring (bicyclic) bond motifs is 4. The van der Waals surface area contributed by atoms with Crippen molar-refractivity contribution in [2.45, 2.75) is 25.4 Å². The normalized spacial score (nSPS) is 16.1. The Balaban J connectivity index is 1.85. The number of hydrogen-bond acceptors (Lipinski definition) is 5. The molecule has 0 aliphatic heterocycles. The summed E-state index contributed by atoms with van der Waals surface area (Å²) in [6.07, 6.45) is -0.986. The topological polar surface area (TPSA) is 79.9 Å². The summed E-state index contributed by atoms with van der Waals surface area (Å²) in [4.78, 5) is 13.1. The van der Waals surface area contributed by atoms with Crippen LogP contribution in [-0.4, -0.2) is 35.3 Å². The number of aliphatic hydroxyl groups is 2. The van der Waals surface area contributed by atoms with Gasteiger partial charge in [-0.05, 0) is 49.7 Å². The van der Waals surface area contributed by atoms with Gasteiger partial charge in [0.25, 0.3) is 0 Å². The zero-order valence-electron chi connectivity index (χ0n) is 15.0. The highest BCUT2D eigenvalue weighted by molar-refractivity contribution is 6.19. The highest BCUT2D eigenvalue weighted by Gasteiger charge is 2.42. The molecule has 5 nitrogen and oxygen atoms in total. The Labute approximate surface area is 155 Å². The number of rotatable bonds is 4. The van der Waals surface area contributed by atoms with Crippen molar-refractivity contribution in [2.75, 3.05) is 13.2 Å². The Kier molecular flexibility index (Phi) is 4.05. The number of benzene rings is 2. The van der Waals surface area contributed by atoms with E-state index in [1.165, 1.54) is 6.07 Å². The van der Waals surface area contributed by atoms with Gasteiger partial charge < -0.3 is 19.4 Å². The van der Waals surface area contributed by atoms with E-state index in [4.69, 9.17) is 14.3 Å². The maximum absolute atomic E-state index is 14.4. The lowest BCUT2D eigenvalue weighted by Crippen LogP contribution is -2.29. The molecule has 2 N–H and O–H groups in total. The van der Waals surface area contributed by atoms with Crippen molar-refractivity contribution in [1.29, 1.82) is 0 Å². The van der Waals surface area contributed by atoms with Gasteiger partial charge in [-0.25, -0.2) is 4.39 Å². The minimum absolute atomic E-state index is 0.0647. The minimum atomic E-state index is -0.986. The molecule has 4 rings (SSSR count). The molecule has 1 aromatic heterocycles. The van der Waals surface area contributed by atoms with Gasteiger partial charge in [-0.15, -0.1) is 0 Å². The summed E-state index contributed by atoms with van der Waals surface area (Å²) < 4.78 is 25.8. The molecule has 140 valence electrons. The molecule has 3 aromatic rings. The fourth-order valence-electron chi connectivity index (χ4n) is 3.59. The number of carbonyl (C=O) groups excluding carboxylic acids is 1. The molecule has 0 saturated heterocycles. The smallest absolute Gasteiger partial charge is 0.197 e. The molecule has 1 atom stereocenters. The van der Waals surface area contributed by atoms with Crippen molar-refractivity contribution >= 4 is 16.8 Å². The number of ether oxygens (including phenoxy) is 1. The standard InChI is InChI=1S/C21H19FO5/c1-21(2)14-8-12(26-10-11(24)9-23)6-7-13(14)19(25)18-17-15(22)4-3-5-16(17)27-20(18)21/h3-8,11,23-24H,9-10H2,1-2H3/t11-/m1/s1. The van der Waals surface area contributed by atoms with Gasteiger partial charge in [0.2, 0.25) is 0 Å². The van der Waals surface area contributed by atoms with Crippen LogP contribution in [0.25, 0.3) is 11.0 Å². The number of aliphatic hydroxyl groups excluding tert-OH is 2. The molecule has 1 aliphatic carbocycles. The zero-order valence-corrected chi connectivity index (χ0v) is 15.0. The van der Waals surface area contributed by atoms with E-state index in [1.54, 1.807) is 30.3 Å². The largest absolute Gasteiger partial charge is 0.491 e. The van der Waals surface area contributed by atoms with Gasteiger partial charge in [0.1, 0.15) is 35.6 Å². The first-order chi connectivity index (χ1) is 12.8. The molecule has 0 amide bonds. The van der Waals surface area contributed by atoms with Gasteiger partial charge in [0.15, 0.2) is 5.78 Å². The van der Waals surface area contributed by atoms with Crippen molar-refractivity contribution in [3.8, 4) is 5.75 Å². The average Bonchev–Trinajstić information content (AvgIpc) is 3.06. The molecular formula is C21H19FO5. The van der Waals surface area contributed by atoms with Crippen LogP contribution < -0.4 is 4.74 Å². The van der Waals surface area contributed by atoms with E-state index in [9.17, 15) is 14.3 Å². The van der Waals surface area contributed by atoms with Crippen LogP contribution in [0.1, 0.15) is 41.1 Å². The summed E-state index contributed by atoms with van der Waals surface area (Å²) in [6, 6.07) is 9.51. The first-order valence-electron chi connectivity index (χ1n) is 8.67. The lowest BCUT2D eigenvalue weighted by molar-refractivity contribution is 0.0535. The highest BCUT2D eigenvalue weighted by atomic mass is 19.1. The maximum atomic E-state index is 14.4. The molecule has 0 saturated carbocycles. The van der Waals surface area contributed by atoms with Crippen LogP contribution in [-0.2, 0) is 5.41 Å². The monoisotopic (exact) mass is 370 g/mol. The van der Waals surface area contributed by atoms with Crippen LogP contribution in [0.5, 0.6) is 5.75 Å². The van der Waals surface area contributed by atoms with Crippen LogP contribution in [0, 0.1) is 5.82 Å². The molecule has 0 spiro atoms. The molecule has 0 radical (unpaired) electrons. The molecule has 1 heterocycles. The van der Waals surface area contributed by atoms with E-state index >= 15 is 0 Å². The van der Waals surface area contributed by atoms with Gasteiger partial charge in [-0.3, -0.25) is 4.79 Å².